The summed E-state index contributed by atoms with van der Waals surface area (Å²) in [4.78, 5) is 34.4. The van der Waals surface area contributed by atoms with Crippen LogP contribution in [0.25, 0.3) is 33.8 Å². The first-order chi connectivity index (χ1) is 25.9. The second-order valence-corrected chi connectivity index (χ2v) is 13.0. The molecule has 0 radical (unpaired) electrons. The lowest BCUT2D eigenvalue weighted by Gasteiger charge is -2.08. The van der Waals surface area contributed by atoms with E-state index in [-0.39, 0.29) is 25.0 Å². The number of amides is 1. The molecule has 0 aliphatic heterocycles. The lowest BCUT2D eigenvalue weighted by Crippen LogP contribution is -2.14. The maximum absolute atomic E-state index is 12.0. The molecule has 54 heavy (non-hydrogen) atoms. The molecule has 2 aromatic carbocycles. The lowest BCUT2D eigenvalue weighted by molar-refractivity contribution is -0.117. The van der Waals surface area contributed by atoms with Crippen LogP contribution in [-0.4, -0.2) is 58.5 Å². The van der Waals surface area contributed by atoms with Crippen molar-refractivity contribution in [3.8, 4) is 34.0 Å². The first-order valence-electron chi connectivity index (χ1n) is 17.2. The van der Waals surface area contributed by atoms with Gasteiger partial charge in [-0.2, -0.15) is 9.97 Å². The number of hydrogen-bond donors (Lipinski definition) is 3. The Morgan fingerprint density at radius 2 is 1.43 bits per heavy atom. The van der Waals surface area contributed by atoms with Crippen molar-refractivity contribution in [2.24, 2.45) is 11.8 Å². The van der Waals surface area contributed by atoms with Gasteiger partial charge in [-0.05, 0) is 105 Å². The number of hydrogen-bond acceptors (Lipinski definition) is 10. The molecule has 0 unspecified atom stereocenters. The van der Waals surface area contributed by atoms with E-state index < -0.39 is 0 Å². The van der Waals surface area contributed by atoms with Gasteiger partial charge < -0.3 is 20.0 Å². The number of phenols is 1. The van der Waals surface area contributed by atoms with Gasteiger partial charge in [0.1, 0.15) is 29.5 Å². The number of nitrogens with zero attached hydrogens (tertiary/aromatic N) is 7. The largest absolute Gasteiger partial charge is 0.508 e. The van der Waals surface area contributed by atoms with Crippen LogP contribution in [-0.2, 0) is 16.2 Å². The van der Waals surface area contributed by atoms with Crippen LogP contribution in [0.4, 0.5) is 11.9 Å². The zero-order valence-electron chi connectivity index (χ0n) is 28.8. The molecule has 0 spiro atoms. The van der Waals surface area contributed by atoms with Crippen molar-refractivity contribution in [2.75, 3.05) is 17.7 Å². The quantitative estimate of drug-likeness (QED) is 0.0985. The van der Waals surface area contributed by atoms with Crippen molar-refractivity contribution < 1.29 is 19.4 Å². The number of phenolic OH excluding ortho intramolecular Hbond substituents is 1. The van der Waals surface area contributed by atoms with E-state index in [0.717, 1.165) is 71.4 Å². The highest BCUT2D eigenvalue weighted by molar-refractivity contribution is 6.29. The Labute approximate surface area is 317 Å². The number of nitrogens with one attached hydrogen (secondary N) is 2. The Morgan fingerprint density at radius 3 is 1.94 bits per heavy atom. The number of aromatic nitrogens is 7. The number of ether oxygens (including phenoxy) is 1. The van der Waals surface area contributed by atoms with Crippen LogP contribution in [0.5, 0.6) is 11.5 Å². The molecule has 5 aromatic heterocycles. The molecule has 2 saturated carbocycles. The molecule has 1 amide bonds. The van der Waals surface area contributed by atoms with Gasteiger partial charge in [0.05, 0.1) is 11.4 Å². The SMILES string of the molecule is C.CNc1nc2cccc(-c3ccc(O)cc3)n2n1.O=C(Nc1nc2cccc(-c3ccc(OCc4ccc(Cl)nc4)cc3)n2n1)C1CC1.O=CC1CC1. The van der Waals surface area contributed by atoms with Crippen LogP contribution in [0, 0.1) is 11.8 Å². The molecule has 2 fully saturated rings. The van der Waals surface area contributed by atoms with Crippen LogP contribution in [0.1, 0.15) is 38.7 Å². The molecular weight excluding hydrogens is 706 g/mol. The van der Waals surface area contributed by atoms with E-state index in [1.54, 1.807) is 40.5 Å². The summed E-state index contributed by atoms with van der Waals surface area (Å²) in [6.45, 7) is 0.409. The number of rotatable bonds is 9. The highest BCUT2D eigenvalue weighted by atomic mass is 35.5. The van der Waals surface area contributed by atoms with E-state index in [0.29, 0.717) is 35.2 Å². The second-order valence-electron chi connectivity index (χ2n) is 12.6. The van der Waals surface area contributed by atoms with E-state index in [1.807, 2.05) is 78.9 Å². The maximum atomic E-state index is 12.0. The molecule has 2 aliphatic rings. The zero-order valence-corrected chi connectivity index (χ0v) is 29.5. The van der Waals surface area contributed by atoms with Gasteiger partial charge in [-0.3, -0.25) is 10.1 Å². The smallest absolute Gasteiger partial charge is 0.249 e. The third-order valence-corrected chi connectivity index (χ3v) is 8.67. The van der Waals surface area contributed by atoms with Crippen molar-refractivity contribution in [1.29, 1.82) is 0 Å². The summed E-state index contributed by atoms with van der Waals surface area (Å²) in [6, 6.07) is 29.9. The minimum Gasteiger partial charge on any atom is -0.508 e. The Balaban J connectivity index is 0.000000175. The Bertz CT molecular complexity index is 2340. The van der Waals surface area contributed by atoms with E-state index in [4.69, 9.17) is 16.3 Å². The number of pyridine rings is 3. The molecule has 3 N–H and O–H groups in total. The summed E-state index contributed by atoms with van der Waals surface area (Å²) in [7, 11) is 1.79. The van der Waals surface area contributed by atoms with Gasteiger partial charge in [0.25, 0.3) is 0 Å². The number of carbonyl (C=O) groups is 2. The molecule has 9 rings (SSSR count). The maximum Gasteiger partial charge on any atom is 0.249 e. The molecule has 2 aliphatic carbocycles. The summed E-state index contributed by atoms with van der Waals surface area (Å²) in [5.74, 6) is 2.46. The number of aldehydes is 1. The lowest BCUT2D eigenvalue weighted by atomic mass is 10.1. The fourth-order valence-electron chi connectivity index (χ4n) is 5.21. The molecule has 0 atom stereocenters. The minimum atomic E-state index is -0.00940. The van der Waals surface area contributed by atoms with Crippen molar-refractivity contribution in [1.82, 2.24) is 34.2 Å². The Kier molecular flexibility index (Phi) is 11.8. The van der Waals surface area contributed by atoms with Gasteiger partial charge in [-0.25, -0.2) is 14.0 Å². The van der Waals surface area contributed by atoms with Crippen LogP contribution < -0.4 is 15.4 Å². The van der Waals surface area contributed by atoms with Crippen LogP contribution in [0.3, 0.4) is 0 Å². The van der Waals surface area contributed by atoms with E-state index >= 15 is 0 Å². The molecule has 14 heteroatoms. The highest BCUT2D eigenvalue weighted by Crippen LogP contribution is 2.30. The number of aromatic hydroxyl groups is 1. The fourth-order valence-corrected chi connectivity index (χ4v) is 5.32. The van der Waals surface area contributed by atoms with Gasteiger partial charge in [-0.15, -0.1) is 10.2 Å². The summed E-state index contributed by atoms with van der Waals surface area (Å²) < 4.78 is 9.33. The summed E-state index contributed by atoms with van der Waals surface area (Å²) >= 11 is 5.80. The van der Waals surface area contributed by atoms with E-state index in [9.17, 15) is 14.7 Å². The third kappa shape index (κ3) is 9.36. The Hall–Kier alpha value is -6.34. The number of carbonyl (C=O) groups excluding carboxylic acids is 2. The predicted octanol–water partition coefficient (Wildman–Crippen LogP) is 7.75. The predicted molar refractivity (Wildman–Crippen MR) is 209 cm³/mol. The molecular formula is C40H40ClN9O4. The summed E-state index contributed by atoms with van der Waals surface area (Å²) in [5, 5.41) is 24.3. The van der Waals surface area contributed by atoms with Crippen molar-refractivity contribution in [3.05, 3.63) is 114 Å². The van der Waals surface area contributed by atoms with Crippen LogP contribution in [0.15, 0.2) is 103 Å². The monoisotopic (exact) mass is 745 g/mol. The first-order valence-corrected chi connectivity index (χ1v) is 17.5. The topological polar surface area (TPSA) is 161 Å². The average molecular weight is 746 g/mol. The number of benzene rings is 2. The number of anilines is 2. The third-order valence-electron chi connectivity index (χ3n) is 8.45. The Morgan fingerprint density at radius 1 is 0.833 bits per heavy atom. The minimum absolute atomic E-state index is 0. The molecule has 13 nitrogen and oxygen atoms in total. The number of halogens is 1. The second kappa shape index (κ2) is 17.0. The van der Waals surface area contributed by atoms with Gasteiger partial charge in [0.15, 0.2) is 11.3 Å². The van der Waals surface area contributed by atoms with Crippen molar-refractivity contribution in [2.45, 2.75) is 39.7 Å². The molecule has 7 aromatic rings. The molecule has 0 saturated heterocycles. The van der Waals surface area contributed by atoms with Gasteiger partial charge in [0, 0.05) is 41.8 Å². The molecule has 276 valence electrons. The molecule has 0 bridgehead atoms. The standard InChI is InChI=1S/C22H18ClN5O2.C13H12N4O.C4H6O.CH4/c23-19-11-4-14(12-24-19)13-30-17-9-7-15(8-10-17)18-2-1-3-20-25-22(27-28(18)20)26-21(29)16-5-6-16;1-14-13-15-12-4-2-3-11(17(12)16-13)9-5-7-10(18)8-6-9;5-3-4-1-2-4;/h1-4,7-12,16H,5-6,13H2,(H,26,27,29);2-8,18H,1H3,(H,14,16);3-4H,1-2H2;1H4. The zero-order chi connectivity index (χ0) is 36.7. The normalized spacial score (nSPS) is 13.1. The molecule has 5 heterocycles. The van der Waals surface area contributed by atoms with Crippen molar-refractivity contribution >= 4 is 47.0 Å². The van der Waals surface area contributed by atoms with Gasteiger partial charge >= 0.3 is 0 Å². The number of fused-ring (bicyclic) bond motifs is 2. The average Bonchev–Trinajstić information content (AvgIpc) is 4.13. The van der Waals surface area contributed by atoms with Crippen LogP contribution >= 0.6 is 11.6 Å². The van der Waals surface area contributed by atoms with Crippen molar-refractivity contribution in [3.63, 3.8) is 0 Å². The fraction of sp³-hybridized carbons (Fsp3) is 0.225. The van der Waals surface area contributed by atoms with Gasteiger partial charge in [-0.1, -0.05) is 37.2 Å². The van der Waals surface area contributed by atoms with E-state index in [2.05, 4.69) is 35.8 Å². The van der Waals surface area contributed by atoms with E-state index in [1.165, 1.54) is 0 Å². The summed E-state index contributed by atoms with van der Waals surface area (Å²) in [6.07, 6.45) is 6.88. The highest BCUT2D eigenvalue weighted by Gasteiger charge is 2.30. The van der Waals surface area contributed by atoms with Gasteiger partial charge in [0.2, 0.25) is 17.8 Å². The first kappa shape index (κ1) is 37.4. The van der Waals surface area contributed by atoms with Crippen LogP contribution in [0.2, 0.25) is 5.15 Å². The summed E-state index contributed by atoms with van der Waals surface area (Å²) in [5.41, 5.74) is 6.15.